The summed E-state index contributed by atoms with van der Waals surface area (Å²) in [6, 6.07) is 7.13. The highest BCUT2D eigenvalue weighted by molar-refractivity contribution is 9.10. The second-order valence-electron chi connectivity index (χ2n) is 2.46. The van der Waals surface area contributed by atoms with Gasteiger partial charge in [-0.05, 0) is 11.6 Å². The normalized spacial score (nSPS) is 11.7. The fourth-order valence-corrected chi connectivity index (χ4v) is 1.65. The average molecular weight is 286 g/mol. The molecule has 0 aliphatic carbocycles. The fraction of sp³-hybridized carbons (Fsp3) is 0.250. The van der Waals surface area contributed by atoms with Crippen LogP contribution in [0, 0.1) is 0 Å². The van der Waals surface area contributed by atoms with Gasteiger partial charge in [0.2, 0.25) is 0 Å². The van der Waals surface area contributed by atoms with E-state index in [0.29, 0.717) is 0 Å². The number of benzene rings is 1. The zero-order chi connectivity index (χ0) is 10.6. The van der Waals surface area contributed by atoms with E-state index < -0.39 is 5.51 Å². The van der Waals surface area contributed by atoms with Crippen molar-refractivity contribution in [2.75, 3.05) is 0 Å². The first-order chi connectivity index (χ1) is 6.49. The van der Waals surface area contributed by atoms with Gasteiger partial charge in [-0.1, -0.05) is 34.1 Å². The smallest absolute Gasteiger partial charge is 0.252 e. The monoisotopic (exact) mass is 285 g/mol. The van der Waals surface area contributed by atoms with Crippen molar-refractivity contribution >= 4 is 27.9 Å². The summed E-state index contributed by atoms with van der Waals surface area (Å²) in [4.78, 5) is 0. The second-order valence-corrected chi connectivity index (χ2v) is 4.27. The van der Waals surface area contributed by atoms with Crippen molar-refractivity contribution in [2.24, 2.45) is 0 Å². The third-order valence-electron chi connectivity index (χ3n) is 1.41. The zero-order valence-corrected chi connectivity index (χ0v) is 9.34. The highest BCUT2D eigenvalue weighted by Gasteiger charge is 2.28. The molecular formula is C8H7BrF3NS. The lowest BCUT2D eigenvalue weighted by atomic mass is 10.2. The van der Waals surface area contributed by atoms with E-state index in [2.05, 4.69) is 20.7 Å². The Morgan fingerprint density at radius 1 is 1.29 bits per heavy atom. The average Bonchev–Trinajstić information content (AvgIpc) is 2.06. The molecule has 78 valence electrons. The summed E-state index contributed by atoms with van der Waals surface area (Å²) in [7, 11) is 0. The van der Waals surface area contributed by atoms with Gasteiger partial charge >= 0.3 is 5.51 Å². The SMILES string of the molecule is FC(F)(F)SNCc1ccccc1Br. The van der Waals surface area contributed by atoms with Crippen LogP contribution in [-0.2, 0) is 6.54 Å². The summed E-state index contributed by atoms with van der Waals surface area (Å²) in [6.07, 6.45) is 0. The van der Waals surface area contributed by atoms with Crippen molar-refractivity contribution in [1.29, 1.82) is 0 Å². The summed E-state index contributed by atoms with van der Waals surface area (Å²) in [5.74, 6) is 0. The summed E-state index contributed by atoms with van der Waals surface area (Å²) >= 11 is 3.01. The van der Waals surface area contributed by atoms with Gasteiger partial charge < -0.3 is 0 Å². The van der Waals surface area contributed by atoms with Gasteiger partial charge in [-0.15, -0.1) is 0 Å². The standard InChI is InChI=1S/C8H7BrF3NS/c9-7-4-2-1-3-6(7)5-13-14-8(10,11)12/h1-4,13H,5H2. The van der Waals surface area contributed by atoms with E-state index in [-0.39, 0.29) is 18.5 Å². The van der Waals surface area contributed by atoms with E-state index in [4.69, 9.17) is 0 Å². The van der Waals surface area contributed by atoms with Crippen molar-refractivity contribution in [2.45, 2.75) is 12.1 Å². The van der Waals surface area contributed by atoms with Crippen molar-refractivity contribution in [1.82, 2.24) is 4.72 Å². The molecule has 0 heterocycles. The Labute approximate surface area is 92.3 Å². The highest BCUT2D eigenvalue weighted by Crippen LogP contribution is 2.28. The van der Waals surface area contributed by atoms with Gasteiger partial charge in [0.05, 0.1) is 0 Å². The molecule has 6 heteroatoms. The third-order valence-corrected chi connectivity index (χ3v) is 2.70. The van der Waals surface area contributed by atoms with Crippen LogP contribution in [-0.4, -0.2) is 5.51 Å². The van der Waals surface area contributed by atoms with Crippen molar-refractivity contribution in [3.05, 3.63) is 34.3 Å². The molecule has 0 atom stereocenters. The second kappa shape index (κ2) is 5.04. The minimum Gasteiger partial charge on any atom is -0.252 e. The Morgan fingerprint density at radius 2 is 1.93 bits per heavy atom. The number of hydrogen-bond acceptors (Lipinski definition) is 2. The zero-order valence-electron chi connectivity index (χ0n) is 6.94. The molecular weight excluding hydrogens is 279 g/mol. The van der Waals surface area contributed by atoms with E-state index in [9.17, 15) is 13.2 Å². The number of halogens is 4. The number of hydrogen-bond donors (Lipinski definition) is 1. The van der Waals surface area contributed by atoms with E-state index >= 15 is 0 Å². The Bertz CT molecular complexity index is 303. The van der Waals surface area contributed by atoms with E-state index in [1.165, 1.54) is 0 Å². The van der Waals surface area contributed by atoms with Gasteiger partial charge in [-0.2, -0.15) is 13.2 Å². The van der Waals surface area contributed by atoms with Crippen LogP contribution < -0.4 is 4.72 Å². The summed E-state index contributed by atoms with van der Waals surface area (Å²) in [5, 5.41) is 0. The van der Waals surface area contributed by atoms with Crippen molar-refractivity contribution in [3.63, 3.8) is 0 Å². The van der Waals surface area contributed by atoms with Crippen molar-refractivity contribution < 1.29 is 13.2 Å². The molecule has 0 unspecified atom stereocenters. The molecule has 0 aromatic heterocycles. The maximum Gasteiger partial charge on any atom is 0.456 e. The quantitative estimate of drug-likeness (QED) is 0.850. The van der Waals surface area contributed by atoms with Gasteiger partial charge in [0.15, 0.2) is 0 Å². The lowest BCUT2D eigenvalue weighted by molar-refractivity contribution is -0.0336. The first-order valence-electron chi connectivity index (χ1n) is 3.70. The Hall–Kier alpha value is -0.200. The maximum absolute atomic E-state index is 11.7. The van der Waals surface area contributed by atoms with Crippen LogP contribution in [0.1, 0.15) is 5.56 Å². The van der Waals surface area contributed by atoms with Crippen LogP contribution in [0.25, 0.3) is 0 Å². The van der Waals surface area contributed by atoms with E-state index in [1.807, 2.05) is 6.07 Å². The minimum absolute atomic E-state index is 0.172. The summed E-state index contributed by atoms with van der Waals surface area (Å²) in [5.41, 5.74) is -3.44. The fourth-order valence-electron chi connectivity index (χ4n) is 0.837. The molecule has 0 saturated heterocycles. The molecule has 0 aliphatic rings. The number of nitrogens with one attached hydrogen (secondary N) is 1. The predicted molar refractivity (Wildman–Crippen MR) is 54.6 cm³/mol. The third kappa shape index (κ3) is 4.34. The van der Waals surface area contributed by atoms with Gasteiger partial charge in [0.1, 0.15) is 0 Å². The van der Waals surface area contributed by atoms with E-state index in [1.54, 1.807) is 18.2 Å². The Morgan fingerprint density at radius 3 is 2.50 bits per heavy atom. The van der Waals surface area contributed by atoms with Gasteiger partial charge in [0, 0.05) is 23.0 Å². The van der Waals surface area contributed by atoms with Crippen LogP contribution in [0.3, 0.4) is 0 Å². The summed E-state index contributed by atoms with van der Waals surface area (Å²) < 4.78 is 38.3. The predicted octanol–water partition coefficient (Wildman–Crippen LogP) is 3.71. The van der Waals surface area contributed by atoms with Crippen LogP contribution >= 0.6 is 27.9 Å². The molecule has 1 N–H and O–H groups in total. The lowest BCUT2D eigenvalue weighted by Crippen LogP contribution is -2.12. The molecule has 0 aliphatic heterocycles. The van der Waals surface area contributed by atoms with Crippen LogP contribution in [0.5, 0.6) is 0 Å². The van der Waals surface area contributed by atoms with E-state index in [0.717, 1.165) is 10.0 Å². The van der Waals surface area contributed by atoms with Gasteiger partial charge in [0.25, 0.3) is 0 Å². The number of rotatable bonds is 3. The largest absolute Gasteiger partial charge is 0.456 e. The molecule has 1 nitrogen and oxygen atoms in total. The van der Waals surface area contributed by atoms with Gasteiger partial charge in [-0.3, -0.25) is 4.72 Å². The molecule has 1 rings (SSSR count). The first kappa shape index (κ1) is 11.9. The first-order valence-corrected chi connectivity index (χ1v) is 5.31. The maximum atomic E-state index is 11.7. The molecule has 0 fully saturated rings. The molecule has 0 radical (unpaired) electrons. The number of alkyl halides is 3. The molecule has 0 amide bonds. The van der Waals surface area contributed by atoms with Crippen molar-refractivity contribution in [3.8, 4) is 0 Å². The minimum atomic E-state index is -4.23. The molecule has 14 heavy (non-hydrogen) atoms. The highest BCUT2D eigenvalue weighted by atomic mass is 79.9. The molecule has 0 spiro atoms. The molecule has 1 aromatic rings. The summed E-state index contributed by atoms with van der Waals surface area (Å²) in [6.45, 7) is 0.172. The van der Waals surface area contributed by atoms with Crippen LogP contribution in [0.15, 0.2) is 28.7 Å². The Balaban J connectivity index is 2.43. The van der Waals surface area contributed by atoms with Crippen LogP contribution in [0.4, 0.5) is 13.2 Å². The van der Waals surface area contributed by atoms with Crippen LogP contribution in [0.2, 0.25) is 0 Å². The molecule has 0 saturated carbocycles. The molecule has 0 bridgehead atoms. The van der Waals surface area contributed by atoms with Gasteiger partial charge in [-0.25, -0.2) is 0 Å². The topological polar surface area (TPSA) is 12.0 Å². The lowest BCUT2D eigenvalue weighted by Gasteiger charge is -2.07. The molecule has 1 aromatic carbocycles. The Kier molecular flexibility index (Phi) is 4.28.